The van der Waals surface area contributed by atoms with Crippen LogP contribution in [-0.4, -0.2) is 44.1 Å². The summed E-state index contributed by atoms with van der Waals surface area (Å²) in [4.78, 5) is 23.9. The van der Waals surface area contributed by atoms with E-state index in [4.69, 9.17) is 9.47 Å². The van der Waals surface area contributed by atoms with Crippen molar-refractivity contribution in [2.45, 2.75) is 12.5 Å². The number of methoxy groups -OCH3 is 2. The number of hydrogen-bond donors (Lipinski definition) is 1. The highest BCUT2D eigenvalue weighted by Crippen LogP contribution is 2.22. The van der Waals surface area contributed by atoms with Crippen LogP contribution >= 0.6 is 11.8 Å². The van der Waals surface area contributed by atoms with E-state index in [2.05, 4.69) is 5.32 Å². The van der Waals surface area contributed by atoms with E-state index >= 15 is 0 Å². The molecule has 0 aliphatic rings. The van der Waals surface area contributed by atoms with Crippen molar-refractivity contribution in [2.24, 2.45) is 0 Å². The van der Waals surface area contributed by atoms with Gasteiger partial charge in [0.2, 0.25) is 5.91 Å². The van der Waals surface area contributed by atoms with Crippen LogP contribution in [0.15, 0.2) is 42.5 Å². The Bertz CT molecular complexity index is 803. The van der Waals surface area contributed by atoms with Crippen molar-refractivity contribution in [3.05, 3.63) is 48.0 Å². The molecule has 0 bridgehead atoms. The van der Waals surface area contributed by atoms with Crippen molar-refractivity contribution in [3.63, 3.8) is 0 Å². The van der Waals surface area contributed by atoms with E-state index in [-0.39, 0.29) is 5.91 Å². The van der Waals surface area contributed by atoms with E-state index in [0.29, 0.717) is 6.42 Å². The van der Waals surface area contributed by atoms with Crippen molar-refractivity contribution in [3.8, 4) is 5.75 Å². The first-order valence-electron chi connectivity index (χ1n) is 8.20. The van der Waals surface area contributed by atoms with Gasteiger partial charge in [0.15, 0.2) is 0 Å². The molecule has 0 unspecified atom stereocenters. The number of hydrogen-bond acceptors (Lipinski definition) is 5. The van der Waals surface area contributed by atoms with Crippen LogP contribution in [-0.2, 0) is 14.3 Å². The van der Waals surface area contributed by atoms with Gasteiger partial charge in [0.1, 0.15) is 11.8 Å². The average Bonchev–Trinajstić information content (AvgIpc) is 2.68. The molecule has 1 atom stereocenters. The summed E-state index contributed by atoms with van der Waals surface area (Å²) >= 11 is 1.61. The molecular weight excluding hydrogens is 350 g/mol. The predicted octanol–water partition coefficient (Wildman–Crippen LogP) is 3.27. The van der Waals surface area contributed by atoms with E-state index in [9.17, 15) is 9.59 Å². The smallest absolute Gasteiger partial charge is 0.328 e. The van der Waals surface area contributed by atoms with Crippen LogP contribution < -0.4 is 10.1 Å². The zero-order valence-corrected chi connectivity index (χ0v) is 16.0. The second kappa shape index (κ2) is 9.87. The fourth-order valence-electron chi connectivity index (χ4n) is 2.49. The molecule has 0 fully saturated rings. The third-order valence-corrected chi connectivity index (χ3v) is 4.56. The lowest BCUT2D eigenvalue weighted by atomic mass is 10.1. The Kier molecular flexibility index (Phi) is 7.53. The monoisotopic (exact) mass is 373 g/mol. The van der Waals surface area contributed by atoms with E-state index in [1.807, 2.05) is 42.7 Å². The summed E-state index contributed by atoms with van der Waals surface area (Å²) in [5, 5.41) is 4.81. The first kappa shape index (κ1) is 19.8. The molecule has 2 rings (SSSR count). The highest BCUT2D eigenvalue weighted by atomic mass is 32.2. The van der Waals surface area contributed by atoms with Crippen LogP contribution in [0, 0.1) is 0 Å². The van der Waals surface area contributed by atoms with Gasteiger partial charge in [0.25, 0.3) is 0 Å². The van der Waals surface area contributed by atoms with Gasteiger partial charge in [-0.3, -0.25) is 4.79 Å². The molecule has 5 nitrogen and oxygen atoms in total. The van der Waals surface area contributed by atoms with Crippen molar-refractivity contribution in [1.29, 1.82) is 0 Å². The highest BCUT2D eigenvalue weighted by molar-refractivity contribution is 7.98. The molecule has 0 aliphatic heterocycles. The Balaban J connectivity index is 2.06. The molecule has 26 heavy (non-hydrogen) atoms. The summed E-state index contributed by atoms with van der Waals surface area (Å²) in [5.74, 6) is 0.814. The van der Waals surface area contributed by atoms with Gasteiger partial charge in [-0.1, -0.05) is 18.2 Å². The van der Waals surface area contributed by atoms with Crippen molar-refractivity contribution < 1.29 is 19.1 Å². The Morgan fingerprint density at radius 3 is 2.58 bits per heavy atom. The number of amides is 1. The van der Waals surface area contributed by atoms with Gasteiger partial charge in [0, 0.05) is 6.08 Å². The first-order chi connectivity index (χ1) is 12.6. The second-order valence-electron chi connectivity index (χ2n) is 5.67. The van der Waals surface area contributed by atoms with E-state index < -0.39 is 12.0 Å². The number of carbonyl (C=O) groups excluding carboxylic acids is 2. The summed E-state index contributed by atoms with van der Waals surface area (Å²) in [5.41, 5.74) is 0.900. The van der Waals surface area contributed by atoms with E-state index in [1.54, 1.807) is 24.9 Å². The van der Waals surface area contributed by atoms with E-state index in [1.165, 1.54) is 13.2 Å². The number of esters is 1. The summed E-state index contributed by atoms with van der Waals surface area (Å²) < 4.78 is 9.96. The molecule has 0 aliphatic carbocycles. The average molecular weight is 373 g/mol. The summed E-state index contributed by atoms with van der Waals surface area (Å²) in [6.45, 7) is 0. The van der Waals surface area contributed by atoms with Gasteiger partial charge in [-0.05, 0) is 59.0 Å². The summed E-state index contributed by atoms with van der Waals surface area (Å²) in [6, 6.07) is 11.1. The fraction of sp³-hybridized carbons (Fsp3) is 0.300. The predicted molar refractivity (Wildman–Crippen MR) is 106 cm³/mol. The van der Waals surface area contributed by atoms with Gasteiger partial charge in [0.05, 0.1) is 14.2 Å². The standard InChI is InChI=1S/C20H23NO4S/c1-24-17-8-7-15-12-14(4-6-16(15)13-17)5-9-19(22)21-18(10-11-26-3)20(23)25-2/h4-9,12-13,18H,10-11H2,1-3H3,(H,21,22)/b9-5+/t18-/m0/s1. The number of fused-ring (bicyclic) bond motifs is 1. The molecule has 1 N–H and O–H groups in total. The Labute approximate surface area is 157 Å². The van der Waals surface area contributed by atoms with Crippen LogP contribution in [0.4, 0.5) is 0 Å². The largest absolute Gasteiger partial charge is 0.497 e. The third-order valence-electron chi connectivity index (χ3n) is 3.91. The maximum Gasteiger partial charge on any atom is 0.328 e. The van der Waals surface area contributed by atoms with Gasteiger partial charge >= 0.3 is 5.97 Å². The minimum atomic E-state index is -0.631. The number of carbonyl (C=O) groups is 2. The molecule has 2 aromatic rings. The maximum absolute atomic E-state index is 12.1. The number of rotatable bonds is 8. The number of nitrogens with one attached hydrogen (secondary N) is 1. The molecule has 0 radical (unpaired) electrons. The Morgan fingerprint density at radius 1 is 1.15 bits per heavy atom. The lowest BCUT2D eigenvalue weighted by Gasteiger charge is -2.14. The number of ether oxygens (including phenoxy) is 2. The molecule has 2 aromatic carbocycles. The van der Waals surface area contributed by atoms with Crippen molar-refractivity contribution >= 4 is 40.5 Å². The normalized spacial score (nSPS) is 12.1. The minimum absolute atomic E-state index is 0.323. The lowest BCUT2D eigenvalue weighted by Crippen LogP contribution is -2.41. The van der Waals surface area contributed by atoms with Crippen LogP contribution in [0.2, 0.25) is 0 Å². The zero-order chi connectivity index (χ0) is 18.9. The SMILES string of the molecule is COC(=O)[C@H](CCSC)NC(=O)/C=C/c1ccc2cc(OC)ccc2c1. The highest BCUT2D eigenvalue weighted by Gasteiger charge is 2.19. The van der Waals surface area contributed by atoms with Gasteiger partial charge in [-0.2, -0.15) is 11.8 Å². The Hall–Kier alpha value is -2.47. The maximum atomic E-state index is 12.1. The molecule has 0 aromatic heterocycles. The quantitative estimate of drug-likeness (QED) is 0.568. The van der Waals surface area contributed by atoms with Crippen LogP contribution in [0.3, 0.4) is 0 Å². The summed E-state index contributed by atoms with van der Waals surface area (Å²) in [6.07, 6.45) is 5.64. The third kappa shape index (κ3) is 5.52. The van der Waals surface area contributed by atoms with Gasteiger partial charge < -0.3 is 14.8 Å². The minimum Gasteiger partial charge on any atom is -0.497 e. The van der Waals surface area contributed by atoms with Crippen molar-refractivity contribution in [2.75, 3.05) is 26.2 Å². The second-order valence-corrected chi connectivity index (χ2v) is 6.66. The molecule has 0 saturated carbocycles. The Morgan fingerprint density at radius 2 is 1.88 bits per heavy atom. The van der Waals surface area contributed by atoms with Crippen molar-refractivity contribution in [1.82, 2.24) is 5.32 Å². The topological polar surface area (TPSA) is 64.6 Å². The molecule has 6 heteroatoms. The molecule has 1 amide bonds. The molecular formula is C20H23NO4S. The first-order valence-corrected chi connectivity index (χ1v) is 9.60. The molecule has 0 saturated heterocycles. The lowest BCUT2D eigenvalue weighted by molar-refractivity contribution is -0.144. The van der Waals surface area contributed by atoms with E-state index in [0.717, 1.165) is 27.8 Å². The molecule has 0 heterocycles. The fourth-order valence-corrected chi connectivity index (χ4v) is 2.96. The van der Waals surface area contributed by atoms with Gasteiger partial charge in [-0.25, -0.2) is 4.79 Å². The number of benzene rings is 2. The van der Waals surface area contributed by atoms with Gasteiger partial charge in [-0.15, -0.1) is 0 Å². The van der Waals surface area contributed by atoms with Crippen LogP contribution in [0.1, 0.15) is 12.0 Å². The molecule has 138 valence electrons. The number of thioether (sulfide) groups is 1. The van der Waals surface area contributed by atoms with Crippen LogP contribution in [0.25, 0.3) is 16.8 Å². The summed E-state index contributed by atoms with van der Waals surface area (Å²) in [7, 11) is 2.96. The zero-order valence-electron chi connectivity index (χ0n) is 15.2. The van der Waals surface area contributed by atoms with Crippen LogP contribution in [0.5, 0.6) is 5.75 Å². The molecule has 0 spiro atoms.